The largest absolute Gasteiger partial charge is 0.300 e. The first-order valence-electron chi connectivity index (χ1n) is 6.18. The first-order valence-corrected chi connectivity index (χ1v) is 6.18. The van der Waals surface area contributed by atoms with Crippen LogP contribution in [0.5, 0.6) is 0 Å². The SMILES string of the molecule is CC1CCCCN1CCC(=O)C(C)(C)C. The van der Waals surface area contributed by atoms with Gasteiger partial charge in [-0.15, -0.1) is 0 Å². The van der Waals surface area contributed by atoms with Gasteiger partial charge in [0.2, 0.25) is 0 Å². The summed E-state index contributed by atoms with van der Waals surface area (Å²) in [7, 11) is 0. The van der Waals surface area contributed by atoms with E-state index in [1.165, 1.54) is 25.8 Å². The van der Waals surface area contributed by atoms with Gasteiger partial charge in [0.15, 0.2) is 0 Å². The van der Waals surface area contributed by atoms with Gasteiger partial charge in [0.1, 0.15) is 5.78 Å². The average Bonchev–Trinajstić information content (AvgIpc) is 2.14. The van der Waals surface area contributed by atoms with Crippen molar-refractivity contribution in [1.82, 2.24) is 4.90 Å². The Morgan fingerprint density at radius 2 is 2.00 bits per heavy atom. The highest BCUT2D eigenvalue weighted by Gasteiger charge is 2.23. The van der Waals surface area contributed by atoms with E-state index in [4.69, 9.17) is 0 Å². The zero-order valence-electron chi connectivity index (χ0n) is 10.7. The molecule has 88 valence electrons. The molecule has 1 unspecified atom stereocenters. The van der Waals surface area contributed by atoms with Crippen LogP contribution in [0.25, 0.3) is 0 Å². The number of nitrogens with zero attached hydrogens (tertiary/aromatic N) is 1. The molecule has 0 radical (unpaired) electrons. The second-order valence-electron chi connectivity index (χ2n) is 5.80. The highest BCUT2D eigenvalue weighted by atomic mass is 16.1. The molecule has 0 aromatic heterocycles. The number of Topliss-reactive ketones (excluding diaryl/α,β-unsaturated/α-hetero) is 1. The lowest BCUT2D eigenvalue weighted by molar-refractivity contribution is -0.126. The highest BCUT2D eigenvalue weighted by molar-refractivity contribution is 5.83. The van der Waals surface area contributed by atoms with Crippen molar-refractivity contribution in [2.75, 3.05) is 13.1 Å². The summed E-state index contributed by atoms with van der Waals surface area (Å²) in [6.07, 6.45) is 4.66. The molecule has 2 nitrogen and oxygen atoms in total. The molecule has 1 aliphatic rings. The molecule has 0 N–H and O–H groups in total. The smallest absolute Gasteiger partial charge is 0.139 e. The number of hydrogen-bond donors (Lipinski definition) is 0. The first kappa shape index (κ1) is 12.7. The van der Waals surface area contributed by atoms with E-state index >= 15 is 0 Å². The number of ketones is 1. The molecule has 0 bridgehead atoms. The lowest BCUT2D eigenvalue weighted by Gasteiger charge is -2.33. The predicted octanol–water partition coefficient (Wildman–Crippen LogP) is 2.87. The van der Waals surface area contributed by atoms with Gasteiger partial charge >= 0.3 is 0 Å². The molecular weight excluding hydrogens is 186 g/mol. The Balaban J connectivity index is 2.33. The molecule has 0 amide bonds. The maximum atomic E-state index is 11.8. The third-order valence-electron chi connectivity index (χ3n) is 3.40. The topological polar surface area (TPSA) is 20.3 Å². The van der Waals surface area contributed by atoms with Crippen molar-refractivity contribution in [1.29, 1.82) is 0 Å². The van der Waals surface area contributed by atoms with Crippen molar-refractivity contribution in [2.45, 2.75) is 59.4 Å². The Hall–Kier alpha value is -0.370. The van der Waals surface area contributed by atoms with Gasteiger partial charge in [-0.25, -0.2) is 0 Å². The molecule has 0 saturated carbocycles. The summed E-state index contributed by atoms with van der Waals surface area (Å²) in [6, 6.07) is 0.673. The van der Waals surface area contributed by atoms with Crippen molar-refractivity contribution in [3.8, 4) is 0 Å². The van der Waals surface area contributed by atoms with Crippen LogP contribution in [0.2, 0.25) is 0 Å². The van der Waals surface area contributed by atoms with E-state index in [-0.39, 0.29) is 5.41 Å². The summed E-state index contributed by atoms with van der Waals surface area (Å²) in [6.45, 7) is 10.4. The third kappa shape index (κ3) is 3.94. The number of carbonyl (C=O) groups is 1. The van der Waals surface area contributed by atoms with Crippen LogP contribution >= 0.6 is 0 Å². The molecule has 1 heterocycles. The van der Waals surface area contributed by atoms with Gasteiger partial charge in [-0.2, -0.15) is 0 Å². The van der Waals surface area contributed by atoms with E-state index in [0.29, 0.717) is 18.2 Å². The standard InChI is InChI=1S/C13H25NO/c1-11-7-5-6-9-14(11)10-8-12(15)13(2,3)4/h11H,5-10H2,1-4H3. The van der Waals surface area contributed by atoms with Crippen LogP contribution in [0.3, 0.4) is 0 Å². The van der Waals surface area contributed by atoms with Crippen LogP contribution in [0.15, 0.2) is 0 Å². The molecule has 0 aromatic rings. The summed E-state index contributed by atoms with van der Waals surface area (Å²) >= 11 is 0. The molecule has 1 saturated heterocycles. The monoisotopic (exact) mass is 211 g/mol. The van der Waals surface area contributed by atoms with Gasteiger partial charge in [-0.1, -0.05) is 27.2 Å². The van der Waals surface area contributed by atoms with Crippen LogP contribution in [0, 0.1) is 5.41 Å². The summed E-state index contributed by atoms with van der Waals surface area (Å²) < 4.78 is 0. The summed E-state index contributed by atoms with van der Waals surface area (Å²) in [5, 5.41) is 0. The zero-order chi connectivity index (χ0) is 11.5. The van der Waals surface area contributed by atoms with Gasteiger partial charge in [-0.3, -0.25) is 4.79 Å². The predicted molar refractivity (Wildman–Crippen MR) is 64.0 cm³/mol. The Kier molecular flexibility index (Phi) is 4.32. The number of carbonyl (C=O) groups excluding carboxylic acids is 1. The van der Waals surface area contributed by atoms with Crippen LogP contribution in [0.4, 0.5) is 0 Å². The maximum Gasteiger partial charge on any atom is 0.139 e. The van der Waals surface area contributed by atoms with E-state index in [9.17, 15) is 4.79 Å². The van der Waals surface area contributed by atoms with Crippen molar-refractivity contribution in [2.24, 2.45) is 5.41 Å². The van der Waals surface area contributed by atoms with E-state index in [0.717, 1.165) is 6.54 Å². The van der Waals surface area contributed by atoms with Crippen LogP contribution in [-0.2, 0) is 4.79 Å². The van der Waals surface area contributed by atoms with Crippen molar-refractivity contribution >= 4 is 5.78 Å². The highest BCUT2D eigenvalue weighted by Crippen LogP contribution is 2.20. The summed E-state index contributed by atoms with van der Waals surface area (Å²) in [5.41, 5.74) is -0.168. The molecule has 1 atom stereocenters. The molecule has 0 spiro atoms. The Morgan fingerprint density at radius 1 is 1.33 bits per heavy atom. The Morgan fingerprint density at radius 3 is 2.53 bits per heavy atom. The second-order valence-corrected chi connectivity index (χ2v) is 5.80. The number of likely N-dealkylation sites (tertiary alicyclic amines) is 1. The van der Waals surface area contributed by atoms with Crippen molar-refractivity contribution < 1.29 is 4.79 Å². The van der Waals surface area contributed by atoms with E-state index in [1.54, 1.807) is 0 Å². The number of hydrogen-bond acceptors (Lipinski definition) is 2. The quantitative estimate of drug-likeness (QED) is 0.715. The third-order valence-corrected chi connectivity index (χ3v) is 3.40. The van der Waals surface area contributed by atoms with E-state index in [2.05, 4.69) is 11.8 Å². The van der Waals surface area contributed by atoms with Gasteiger partial charge in [-0.05, 0) is 26.3 Å². The molecule has 1 rings (SSSR count). The average molecular weight is 211 g/mol. The summed E-state index contributed by atoms with van der Waals surface area (Å²) in [5.74, 6) is 0.389. The van der Waals surface area contributed by atoms with Gasteiger partial charge in [0.05, 0.1) is 0 Å². The first-order chi connectivity index (χ1) is 6.91. The minimum Gasteiger partial charge on any atom is -0.300 e. The van der Waals surface area contributed by atoms with E-state index in [1.807, 2.05) is 20.8 Å². The fraction of sp³-hybridized carbons (Fsp3) is 0.923. The minimum absolute atomic E-state index is 0.168. The van der Waals surface area contributed by atoms with Gasteiger partial charge in [0, 0.05) is 24.4 Å². The molecule has 1 aliphatic heterocycles. The van der Waals surface area contributed by atoms with Gasteiger partial charge < -0.3 is 4.90 Å². The molecule has 15 heavy (non-hydrogen) atoms. The molecule has 1 fully saturated rings. The van der Waals surface area contributed by atoms with Crippen molar-refractivity contribution in [3.63, 3.8) is 0 Å². The van der Waals surface area contributed by atoms with Crippen LogP contribution in [0.1, 0.15) is 53.4 Å². The minimum atomic E-state index is -0.168. The van der Waals surface area contributed by atoms with Crippen LogP contribution in [-0.4, -0.2) is 29.8 Å². The molecule has 0 aliphatic carbocycles. The Labute approximate surface area is 94.0 Å². The second kappa shape index (κ2) is 5.11. The van der Waals surface area contributed by atoms with Gasteiger partial charge in [0.25, 0.3) is 0 Å². The Bertz CT molecular complexity index is 217. The fourth-order valence-corrected chi connectivity index (χ4v) is 2.11. The summed E-state index contributed by atoms with van der Waals surface area (Å²) in [4.78, 5) is 14.3. The zero-order valence-corrected chi connectivity index (χ0v) is 10.7. The van der Waals surface area contributed by atoms with Crippen LogP contribution < -0.4 is 0 Å². The molecular formula is C13H25NO. The van der Waals surface area contributed by atoms with E-state index < -0.39 is 0 Å². The molecule has 2 heteroatoms. The maximum absolute atomic E-state index is 11.8. The fourth-order valence-electron chi connectivity index (χ4n) is 2.11. The normalized spacial score (nSPS) is 24.1. The number of rotatable bonds is 3. The lowest BCUT2D eigenvalue weighted by Crippen LogP contribution is -2.39. The lowest BCUT2D eigenvalue weighted by atomic mass is 9.88. The van der Waals surface area contributed by atoms with Crippen molar-refractivity contribution in [3.05, 3.63) is 0 Å². The molecule has 0 aromatic carbocycles. The number of piperidine rings is 1.